The van der Waals surface area contributed by atoms with Crippen LogP contribution >= 0.6 is 0 Å². The molecule has 0 amide bonds. The van der Waals surface area contributed by atoms with Gasteiger partial charge in [-0.3, -0.25) is 0 Å². The summed E-state index contributed by atoms with van der Waals surface area (Å²) in [4.78, 5) is 0. The first-order valence-corrected chi connectivity index (χ1v) is 3.32. The quantitative estimate of drug-likeness (QED) is 0.579. The van der Waals surface area contributed by atoms with Crippen molar-refractivity contribution in [1.82, 2.24) is 0 Å². The van der Waals surface area contributed by atoms with E-state index in [1.54, 1.807) is 6.92 Å². The van der Waals surface area contributed by atoms with Gasteiger partial charge in [0.15, 0.2) is 0 Å². The Morgan fingerprint density at radius 3 is 1.33 bits per heavy atom. The Bertz CT molecular complexity index is 12.0. The number of rotatable bonds is 1. The summed E-state index contributed by atoms with van der Waals surface area (Å²) in [5.74, 6) is 0. The van der Waals surface area contributed by atoms with Crippen LogP contribution in [-0.2, 0) is 0 Å². The van der Waals surface area contributed by atoms with Gasteiger partial charge in [-0.25, -0.2) is 0 Å². The Balaban J connectivity index is -0.0000000646. The molecule has 0 rings (SSSR count). The van der Waals surface area contributed by atoms with Crippen LogP contribution < -0.4 is 5.73 Å². The Hall–Kier alpha value is -0.0400. The molecule has 0 fully saturated rings. The highest BCUT2D eigenvalue weighted by Gasteiger charge is 1.56. The van der Waals surface area contributed by atoms with Crippen molar-refractivity contribution in [3.8, 4) is 0 Å². The fourth-order valence-electron chi connectivity index (χ4n) is 0. The van der Waals surface area contributed by atoms with Crippen molar-refractivity contribution in [3.05, 3.63) is 20.8 Å². The summed E-state index contributed by atoms with van der Waals surface area (Å²) in [7, 11) is 0. The SMILES string of the molecule is [CH2]C.[CH2]CCC.[CH2]CN. The zero-order valence-electron chi connectivity index (χ0n) is 6.82. The van der Waals surface area contributed by atoms with Gasteiger partial charge < -0.3 is 5.73 Å². The molecule has 1 nitrogen and oxygen atoms in total. The molecule has 2 N–H and O–H groups in total. The molecule has 0 atom stereocenters. The van der Waals surface area contributed by atoms with Crippen molar-refractivity contribution in [1.29, 1.82) is 0 Å². The minimum absolute atomic E-state index is 0.500. The Morgan fingerprint density at radius 2 is 1.33 bits per heavy atom. The van der Waals surface area contributed by atoms with Crippen molar-refractivity contribution in [2.75, 3.05) is 6.54 Å². The first-order valence-electron chi connectivity index (χ1n) is 3.32. The smallest absolute Gasteiger partial charge is 0.00768 e. The van der Waals surface area contributed by atoms with Gasteiger partial charge in [-0.15, -0.1) is 0 Å². The molecule has 0 spiro atoms. The van der Waals surface area contributed by atoms with Gasteiger partial charge in [0, 0.05) is 0 Å². The van der Waals surface area contributed by atoms with Crippen LogP contribution in [0.2, 0.25) is 0 Å². The molecule has 0 aromatic carbocycles. The largest absolute Gasteiger partial charge is 0.330 e. The maximum Gasteiger partial charge on any atom is -0.00768 e. The molecule has 57 valence electrons. The summed E-state index contributed by atoms with van der Waals surface area (Å²) in [6, 6.07) is 0. The lowest BCUT2D eigenvalue weighted by Crippen LogP contribution is -1.88. The second kappa shape index (κ2) is 44.0. The Kier molecular flexibility index (Phi) is 78.2. The normalized spacial score (nSPS) is 6.00. The van der Waals surface area contributed by atoms with Gasteiger partial charge in [0.2, 0.25) is 0 Å². The average Bonchev–Trinajstić information content (AvgIpc) is 1.94. The molecular weight excluding hydrogens is 110 g/mol. The molecule has 0 unspecified atom stereocenters. The summed E-state index contributed by atoms with van der Waals surface area (Å²) >= 11 is 0. The predicted octanol–water partition coefficient (Wildman–Crippen LogP) is 2.24. The predicted molar refractivity (Wildman–Crippen MR) is 45.7 cm³/mol. The van der Waals surface area contributed by atoms with E-state index >= 15 is 0 Å². The number of nitrogens with two attached hydrogens (primary N) is 1. The van der Waals surface area contributed by atoms with Crippen molar-refractivity contribution in [2.45, 2.75) is 26.7 Å². The summed E-state index contributed by atoms with van der Waals surface area (Å²) < 4.78 is 0. The fraction of sp³-hybridized carbons (Fsp3) is 0.625. The molecule has 0 saturated heterocycles. The molecule has 0 heterocycles. The molecule has 3 radical (unpaired) electrons. The maximum absolute atomic E-state index is 4.74. The lowest BCUT2D eigenvalue weighted by atomic mass is 10.4. The van der Waals surface area contributed by atoms with Crippen LogP contribution in [0.5, 0.6) is 0 Å². The van der Waals surface area contributed by atoms with Gasteiger partial charge in [0.05, 0.1) is 0 Å². The molecular formula is C8H20N. The van der Waals surface area contributed by atoms with E-state index in [2.05, 4.69) is 27.7 Å². The van der Waals surface area contributed by atoms with Crippen molar-refractivity contribution in [2.24, 2.45) is 5.73 Å². The molecule has 0 aliphatic rings. The zero-order chi connectivity index (χ0) is 8.12. The van der Waals surface area contributed by atoms with Gasteiger partial charge in [0.1, 0.15) is 0 Å². The van der Waals surface area contributed by atoms with E-state index in [4.69, 9.17) is 5.73 Å². The standard InChI is InChI=1S/C4H9.C2H6N.C2H5/c1-3-4-2;1-2-3;1-2/h1,3-4H2,2H3;1-3H2;1H2,2H3. The minimum atomic E-state index is 0.500. The summed E-state index contributed by atoms with van der Waals surface area (Å²) in [6.07, 6.45) is 2.28. The van der Waals surface area contributed by atoms with Crippen molar-refractivity contribution < 1.29 is 0 Å². The van der Waals surface area contributed by atoms with E-state index in [-0.39, 0.29) is 0 Å². The van der Waals surface area contributed by atoms with Gasteiger partial charge >= 0.3 is 0 Å². The summed E-state index contributed by atoms with van der Waals surface area (Å²) in [5.41, 5.74) is 4.74. The zero-order valence-corrected chi connectivity index (χ0v) is 6.82. The van der Waals surface area contributed by atoms with Gasteiger partial charge in [-0.05, 0) is 13.5 Å². The third kappa shape index (κ3) is 307. The number of hydrogen-bond acceptors (Lipinski definition) is 1. The molecule has 9 heavy (non-hydrogen) atoms. The Morgan fingerprint density at radius 1 is 1.22 bits per heavy atom. The molecule has 0 aromatic rings. The first kappa shape index (κ1) is 16.0. The van der Waals surface area contributed by atoms with Crippen molar-refractivity contribution in [3.63, 3.8) is 0 Å². The lowest BCUT2D eigenvalue weighted by Gasteiger charge is -1.67. The van der Waals surface area contributed by atoms with Gasteiger partial charge in [-0.2, -0.15) is 0 Å². The molecule has 1 heteroatoms. The van der Waals surface area contributed by atoms with Crippen LogP contribution in [0.4, 0.5) is 0 Å². The number of hydrogen-bond donors (Lipinski definition) is 1. The molecule has 0 aliphatic carbocycles. The first-order chi connectivity index (χ1) is 4.33. The molecule has 0 aromatic heterocycles. The highest BCUT2D eigenvalue weighted by atomic mass is 14.5. The number of unbranched alkanes of at least 4 members (excludes halogenated alkanes) is 1. The average molecular weight is 130 g/mol. The Labute approximate surface area is 60.6 Å². The highest BCUT2D eigenvalue weighted by Crippen LogP contribution is 1.75. The van der Waals surface area contributed by atoms with Gasteiger partial charge in [-0.1, -0.05) is 40.5 Å². The second-order valence-electron chi connectivity index (χ2n) is 1.14. The van der Waals surface area contributed by atoms with Crippen LogP contribution in [-0.4, -0.2) is 6.54 Å². The minimum Gasteiger partial charge on any atom is -0.330 e. The molecule has 0 saturated carbocycles. The topological polar surface area (TPSA) is 26.0 Å². The second-order valence-corrected chi connectivity index (χ2v) is 1.14. The van der Waals surface area contributed by atoms with E-state index in [1.807, 2.05) is 0 Å². The van der Waals surface area contributed by atoms with E-state index in [1.165, 1.54) is 6.42 Å². The van der Waals surface area contributed by atoms with Crippen LogP contribution in [0, 0.1) is 20.8 Å². The summed E-state index contributed by atoms with van der Waals surface area (Å²) in [5, 5.41) is 0. The van der Waals surface area contributed by atoms with Gasteiger partial charge in [0.25, 0.3) is 0 Å². The van der Waals surface area contributed by atoms with Crippen LogP contribution in [0.3, 0.4) is 0 Å². The fourth-order valence-corrected chi connectivity index (χ4v) is 0. The third-order valence-corrected chi connectivity index (χ3v) is 0.354. The monoisotopic (exact) mass is 130 g/mol. The third-order valence-electron chi connectivity index (χ3n) is 0.354. The van der Waals surface area contributed by atoms with E-state index in [0.717, 1.165) is 6.42 Å². The van der Waals surface area contributed by atoms with Crippen LogP contribution in [0.1, 0.15) is 26.7 Å². The maximum atomic E-state index is 4.74. The van der Waals surface area contributed by atoms with E-state index < -0.39 is 0 Å². The molecule has 0 bridgehead atoms. The summed E-state index contributed by atoms with van der Waals surface area (Å²) in [6.45, 7) is 14.5. The van der Waals surface area contributed by atoms with E-state index in [0.29, 0.717) is 6.54 Å². The molecule has 0 aliphatic heterocycles. The van der Waals surface area contributed by atoms with E-state index in [9.17, 15) is 0 Å². The van der Waals surface area contributed by atoms with Crippen LogP contribution in [0.25, 0.3) is 0 Å². The highest BCUT2D eigenvalue weighted by molar-refractivity contribution is 4.29. The van der Waals surface area contributed by atoms with Crippen LogP contribution in [0.15, 0.2) is 0 Å². The lowest BCUT2D eigenvalue weighted by molar-refractivity contribution is 0.956. The van der Waals surface area contributed by atoms with Crippen molar-refractivity contribution >= 4 is 0 Å².